The molecule has 1 atom stereocenters. The molecule has 0 aliphatic heterocycles. The summed E-state index contributed by atoms with van der Waals surface area (Å²) < 4.78 is 0. The molecular formula is C14H22ClN3O. The molecular weight excluding hydrogens is 262 g/mol. The van der Waals surface area contributed by atoms with Crippen molar-refractivity contribution in [3.63, 3.8) is 0 Å². The average molecular weight is 284 g/mol. The molecule has 0 heterocycles. The van der Waals surface area contributed by atoms with Gasteiger partial charge in [-0.2, -0.15) is 0 Å². The van der Waals surface area contributed by atoms with E-state index in [0.717, 1.165) is 18.8 Å². The molecule has 106 valence electrons. The summed E-state index contributed by atoms with van der Waals surface area (Å²) in [5.74, 6) is 0.127. The zero-order valence-electron chi connectivity index (χ0n) is 11.5. The third kappa shape index (κ3) is 5.09. The molecule has 0 fully saturated rings. The first kappa shape index (κ1) is 15.8. The highest BCUT2D eigenvalue weighted by molar-refractivity contribution is 6.30. The molecule has 3 N–H and O–H groups in total. The molecule has 0 aliphatic rings. The normalized spacial score (nSPS) is 12.0. The molecule has 1 rings (SSSR count). The van der Waals surface area contributed by atoms with E-state index < -0.39 is 0 Å². The lowest BCUT2D eigenvalue weighted by Crippen LogP contribution is -2.38. The summed E-state index contributed by atoms with van der Waals surface area (Å²) in [7, 11) is 0. The van der Waals surface area contributed by atoms with Crippen molar-refractivity contribution in [3.8, 4) is 0 Å². The monoisotopic (exact) mass is 283 g/mol. The number of carbonyl (C=O) groups excluding carboxylic acids is 1. The molecule has 0 radical (unpaired) electrons. The molecule has 0 saturated carbocycles. The quantitative estimate of drug-likeness (QED) is 0.807. The number of rotatable bonds is 7. The van der Waals surface area contributed by atoms with Crippen molar-refractivity contribution in [3.05, 3.63) is 29.3 Å². The molecule has 1 aromatic rings. The number of nitrogens with two attached hydrogens (primary N) is 1. The number of nitrogens with one attached hydrogen (secondary N) is 1. The van der Waals surface area contributed by atoms with Gasteiger partial charge < -0.3 is 16.0 Å². The van der Waals surface area contributed by atoms with Crippen LogP contribution in [-0.4, -0.2) is 36.5 Å². The number of benzene rings is 1. The van der Waals surface area contributed by atoms with E-state index in [1.54, 1.807) is 0 Å². The van der Waals surface area contributed by atoms with Crippen molar-refractivity contribution in [1.29, 1.82) is 0 Å². The van der Waals surface area contributed by atoms with Gasteiger partial charge in [0, 0.05) is 42.8 Å². The van der Waals surface area contributed by atoms with E-state index in [4.69, 9.17) is 17.3 Å². The van der Waals surface area contributed by atoms with Crippen LogP contribution in [0, 0.1) is 0 Å². The Morgan fingerprint density at radius 2 is 1.89 bits per heavy atom. The van der Waals surface area contributed by atoms with Crippen molar-refractivity contribution in [2.24, 2.45) is 5.73 Å². The number of nitrogens with zero attached hydrogens (tertiary/aromatic N) is 1. The third-order valence-electron chi connectivity index (χ3n) is 3.04. The first-order valence-electron chi connectivity index (χ1n) is 6.60. The second-order valence-electron chi connectivity index (χ2n) is 4.35. The molecule has 19 heavy (non-hydrogen) atoms. The minimum atomic E-state index is -0.0609. The van der Waals surface area contributed by atoms with E-state index in [0.29, 0.717) is 18.0 Å². The first-order valence-corrected chi connectivity index (χ1v) is 6.98. The van der Waals surface area contributed by atoms with E-state index in [2.05, 4.69) is 5.32 Å². The highest BCUT2D eigenvalue weighted by Gasteiger charge is 2.16. The third-order valence-corrected chi connectivity index (χ3v) is 3.29. The van der Waals surface area contributed by atoms with Gasteiger partial charge in [0.15, 0.2) is 0 Å². The van der Waals surface area contributed by atoms with Crippen molar-refractivity contribution in [2.45, 2.75) is 26.3 Å². The fraction of sp³-hybridized carbons (Fsp3) is 0.500. The lowest BCUT2D eigenvalue weighted by molar-refractivity contribution is -0.131. The van der Waals surface area contributed by atoms with E-state index in [9.17, 15) is 4.79 Å². The van der Waals surface area contributed by atoms with Crippen LogP contribution in [0.25, 0.3) is 0 Å². The van der Waals surface area contributed by atoms with Crippen LogP contribution in [0.1, 0.15) is 20.3 Å². The Bertz CT molecular complexity index is 390. The number of amides is 1. The van der Waals surface area contributed by atoms with Crippen molar-refractivity contribution < 1.29 is 4.79 Å². The molecule has 0 spiro atoms. The molecule has 1 unspecified atom stereocenters. The number of hydrogen-bond donors (Lipinski definition) is 2. The Labute approximate surface area is 119 Å². The van der Waals surface area contributed by atoms with Crippen LogP contribution in [0.4, 0.5) is 5.69 Å². The predicted octanol–water partition coefficient (Wildman–Crippen LogP) is 2.34. The van der Waals surface area contributed by atoms with Crippen LogP contribution in [-0.2, 0) is 4.79 Å². The van der Waals surface area contributed by atoms with Gasteiger partial charge in [0.1, 0.15) is 0 Å². The second kappa shape index (κ2) is 8.02. The van der Waals surface area contributed by atoms with Gasteiger partial charge in [-0.25, -0.2) is 0 Å². The summed E-state index contributed by atoms with van der Waals surface area (Å²) in [5, 5.41) is 3.95. The van der Waals surface area contributed by atoms with Gasteiger partial charge in [-0.3, -0.25) is 4.79 Å². The topological polar surface area (TPSA) is 58.4 Å². The Balaban J connectivity index is 2.58. The maximum absolute atomic E-state index is 12.0. The maximum Gasteiger partial charge on any atom is 0.224 e. The fourth-order valence-corrected chi connectivity index (χ4v) is 2.02. The van der Waals surface area contributed by atoms with Gasteiger partial charge >= 0.3 is 0 Å². The zero-order valence-corrected chi connectivity index (χ0v) is 12.3. The Kier molecular flexibility index (Phi) is 6.67. The lowest BCUT2D eigenvalue weighted by Gasteiger charge is -2.23. The molecule has 5 heteroatoms. The van der Waals surface area contributed by atoms with Gasteiger partial charge in [0.05, 0.1) is 0 Å². The number of hydrogen-bond acceptors (Lipinski definition) is 3. The molecule has 1 aromatic carbocycles. The average Bonchev–Trinajstić information content (AvgIpc) is 2.41. The Hall–Kier alpha value is -1.26. The number of carbonyl (C=O) groups is 1. The lowest BCUT2D eigenvalue weighted by atomic mass is 10.1. The summed E-state index contributed by atoms with van der Waals surface area (Å²) in [5.41, 5.74) is 6.65. The van der Waals surface area contributed by atoms with E-state index in [-0.39, 0.29) is 11.9 Å². The molecule has 4 nitrogen and oxygen atoms in total. The molecule has 0 saturated heterocycles. The first-order chi connectivity index (χ1) is 9.10. The summed E-state index contributed by atoms with van der Waals surface area (Å²) in [6.07, 6.45) is 0.404. The molecule has 0 aromatic heterocycles. The van der Waals surface area contributed by atoms with Crippen molar-refractivity contribution in [1.82, 2.24) is 4.90 Å². The predicted molar refractivity (Wildman–Crippen MR) is 80.5 cm³/mol. The van der Waals surface area contributed by atoms with E-state index in [1.165, 1.54) is 0 Å². The van der Waals surface area contributed by atoms with Gasteiger partial charge in [-0.1, -0.05) is 11.6 Å². The highest BCUT2D eigenvalue weighted by atomic mass is 35.5. The standard InChI is InChI=1S/C14H22ClN3O/c1-3-18(4-2)14(19)9-13(10-16)17-12-7-5-11(15)6-8-12/h5-8,13,17H,3-4,9-10,16H2,1-2H3. The smallest absolute Gasteiger partial charge is 0.224 e. The van der Waals surface area contributed by atoms with Gasteiger partial charge in [-0.15, -0.1) is 0 Å². The van der Waals surface area contributed by atoms with Crippen LogP contribution >= 0.6 is 11.6 Å². The molecule has 1 amide bonds. The van der Waals surface area contributed by atoms with E-state index >= 15 is 0 Å². The van der Waals surface area contributed by atoms with Gasteiger partial charge in [0.2, 0.25) is 5.91 Å². The number of halogens is 1. The van der Waals surface area contributed by atoms with Gasteiger partial charge in [0.25, 0.3) is 0 Å². The minimum absolute atomic E-state index is 0.0609. The van der Waals surface area contributed by atoms with Crippen LogP contribution in [0.15, 0.2) is 24.3 Å². The van der Waals surface area contributed by atoms with Crippen LogP contribution in [0.3, 0.4) is 0 Å². The highest BCUT2D eigenvalue weighted by Crippen LogP contribution is 2.15. The zero-order chi connectivity index (χ0) is 14.3. The van der Waals surface area contributed by atoms with Gasteiger partial charge in [-0.05, 0) is 38.1 Å². The molecule has 0 bridgehead atoms. The summed E-state index contributed by atoms with van der Waals surface area (Å²) in [6.45, 7) is 5.83. The molecule has 0 aliphatic carbocycles. The summed E-state index contributed by atoms with van der Waals surface area (Å²) in [4.78, 5) is 13.8. The fourth-order valence-electron chi connectivity index (χ4n) is 1.89. The van der Waals surface area contributed by atoms with Crippen molar-refractivity contribution in [2.75, 3.05) is 25.0 Å². The Morgan fingerprint density at radius 1 is 1.32 bits per heavy atom. The number of anilines is 1. The van der Waals surface area contributed by atoms with Crippen molar-refractivity contribution >= 4 is 23.2 Å². The largest absolute Gasteiger partial charge is 0.381 e. The summed E-state index contributed by atoms with van der Waals surface area (Å²) >= 11 is 5.83. The second-order valence-corrected chi connectivity index (χ2v) is 4.79. The SMILES string of the molecule is CCN(CC)C(=O)CC(CN)Nc1ccc(Cl)cc1. The van der Waals surface area contributed by atoms with Crippen LogP contribution in [0.5, 0.6) is 0 Å². The van der Waals surface area contributed by atoms with E-state index in [1.807, 2.05) is 43.0 Å². The summed E-state index contributed by atoms with van der Waals surface area (Å²) in [6, 6.07) is 7.32. The van der Waals surface area contributed by atoms with Crippen LogP contribution in [0.2, 0.25) is 5.02 Å². The maximum atomic E-state index is 12.0. The van der Waals surface area contributed by atoms with Crippen LogP contribution < -0.4 is 11.1 Å². The Morgan fingerprint density at radius 3 is 2.37 bits per heavy atom. The minimum Gasteiger partial charge on any atom is -0.381 e.